The minimum Gasteiger partial charge on any atom is -0.469 e. The molecule has 0 rings (SSSR count). The van der Waals surface area contributed by atoms with Gasteiger partial charge in [-0.3, -0.25) is 9.59 Å². The molecule has 4 heteroatoms. The summed E-state index contributed by atoms with van der Waals surface area (Å²) in [7, 11) is 1.46. The standard InChI is InChI=1S/C22H42O4/c1-21(23)26-20-18-16-14-12-10-8-6-4-3-5-7-9-11-13-15-17-19-22(24)25-2/h3-20H2,1-2H3. The van der Waals surface area contributed by atoms with E-state index in [-0.39, 0.29) is 11.9 Å². The lowest BCUT2D eigenvalue weighted by atomic mass is 10.0. The Morgan fingerprint density at radius 3 is 1.27 bits per heavy atom. The van der Waals surface area contributed by atoms with Crippen molar-refractivity contribution in [3.63, 3.8) is 0 Å². The van der Waals surface area contributed by atoms with Gasteiger partial charge in [0, 0.05) is 13.3 Å². The number of ether oxygens (including phenoxy) is 2. The predicted octanol–water partition coefficient (Wildman–Crippen LogP) is 6.35. The molecule has 26 heavy (non-hydrogen) atoms. The molecule has 0 saturated carbocycles. The summed E-state index contributed by atoms with van der Waals surface area (Å²) in [5.41, 5.74) is 0. The van der Waals surface area contributed by atoms with E-state index in [2.05, 4.69) is 4.74 Å². The summed E-state index contributed by atoms with van der Waals surface area (Å²) in [6, 6.07) is 0. The van der Waals surface area contributed by atoms with Gasteiger partial charge in [0.05, 0.1) is 13.7 Å². The minimum atomic E-state index is -0.166. The van der Waals surface area contributed by atoms with Crippen molar-refractivity contribution in [2.24, 2.45) is 0 Å². The SMILES string of the molecule is COC(=O)CCCCCCCCCCCCCCCCCCOC(C)=O. The smallest absolute Gasteiger partial charge is 0.305 e. The highest BCUT2D eigenvalue weighted by Gasteiger charge is 1.99. The summed E-state index contributed by atoms with van der Waals surface area (Å²) in [5, 5.41) is 0. The highest BCUT2D eigenvalue weighted by atomic mass is 16.5. The van der Waals surface area contributed by atoms with Crippen LogP contribution in [0.2, 0.25) is 0 Å². The predicted molar refractivity (Wildman–Crippen MR) is 107 cm³/mol. The van der Waals surface area contributed by atoms with E-state index in [0.29, 0.717) is 13.0 Å². The lowest BCUT2D eigenvalue weighted by Gasteiger charge is -2.04. The van der Waals surface area contributed by atoms with Gasteiger partial charge in [-0.15, -0.1) is 0 Å². The maximum Gasteiger partial charge on any atom is 0.305 e. The van der Waals surface area contributed by atoms with E-state index in [9.17, 15) is 9.59 Å². The van der Waals surface area contributed by atoms with Gasteiger partial charge in [0.1, 0.15) is 0 Å². The molecule has 0 amide bonds. The Morgan fingerprint density at radius 2 is 0.923 bits per heavy atom. The van der Waals surface area contributed by atoms with E-state index in [0.717, 1.165) is 19.3 Å². The molecule has 0 aliphatic rings. The first-order chi connectivity index (χ1) is 12.7. The largest absolute Gasteiger partial charge is 0.469 e. The zero-order valence-electron chi connectivity index (χ0n) is 17.4. The van der Waals surface area contributed by atoms with Gasteiger partial charge < -0.3 is 9.47 Å². The average Bonchev–Trinajstić information content (AvgIpc) is 2.63. The molecule has 0 aromatic carbocycles. The molecule has 4 nitrogen and oxygen atoms in total. The van der Waals surface area contributed by atoms with Crippen molar-refractivity contribution >= 4 is 11.9 Å². The molecule has 0 bridgehead atoms. The quantitative estimate of drug-likeness (QED) is 0.196. The second-order valence-corrected chi connectivity index (χ2v) is 7.32. The first-order valence-corrected chi connectivity index (χ1v) is 10.9. The highest BCUT2D eigenvalue weighted by Crippen LogP contribution is 2.14. The maximum atomic E-state index is 11.0. The van der Waals surface area contributed by atoms with Gasteiger partial charge in [-0.2, -0.15) is 0 Å². The number of rotatable bonds is 19. The monoisotopic (exact) mass is 370 g/mol. The Kier molecular flexibility index (Phi) is 19.4. The molecule has 0 aliphatic carbocycles. The fourth-order valence-electron chi connectivity index (χ4n) is 3.16. The molecule has 0 aliphatic heterocycles. The molecule has 154 valence electrons. The van der Waals surface area contributed by atoms with Crippen molar-refractivity contribution in [3.05, 3.63) is 0 Å². The second-order valence-electron chi connectivity index (χ2n) is 7.32. The maximum absolute atomic E-state index is 11.0. The van der Waals surface area contributed by atoms with Crippen molar-refractivity contribution in [2.45, 2.75) is 116 Å². The Labute approximate surface area is 161 Å². The summed E-state index contributed by atoms with van der Waals surface area (Å²) in [6.07, 6.45) is 20.9. The second kappa shape index (κ2) is 20.3. The summed E-state index contributed by atoms with van der Waals surface area (Å²) >= 11 is 0. The van der Waals surface area contributed by atoms with E-state index >= 15 is 0 Å². The normalized spacial score (nSPS) is 10.7. The van der Waals surface area contributed by atoms with E-state index in [1.807, 2.05) is 0 Å². The molecule has 0 atom stereocenters. The van der Waals surface area contributed by atoms with Crippen LogP contribution < -0.4 is 0 Å². The summed E-state index contributed by atoms with van der Waals surface area (Å²) in [4.78, 5) is 21.6. The molecule has 0 spiro atoms. The van der Waals surface area contributed by atoms with Crippen molar-refractivity contribution < 1.29 is 19.1 Å². The summed E-state index contributed by atoms with van der Waals surface area (Å²) in [5.74, 6) is -0.245. The highest BCUT2D eigenvalue weighted by molar-refractivity contribution is 5.68. The fraction of sp³-hybridized carbons (Fsp3) is 0.909. The van der Waals surface area contributed by atoms with Crippen LogP contribution in [0.4, 0.5) is 0 Å². The average molecular weight is 371 g/mol. The van der Waals surface area contributed by atoms with Gasteiger partial charge >= 0.3 is 11.9 Å². The lowest BCUT2D eigenvalue weighted by Crippen LogP contribution is -2.00. The van der Waals surface area contributed by atoms with E-state index < -0.39 is 0 Å². The van der Waals surface area contributed by atoms with Gasteiger partial charge in [-0.1, -0.05) is 89.9 Å². The number of carbonyl (C=O) groups excluding carboxylic acids is 2. The van der Waals surface area contributed by atoms with Crippen molar-refractivity contribution in [3.8, 4) is 0 Å². The van der Waals surface area contributed by atoms with Crippen LogP contribution in [0, 0.1) is 0 Å². The van der Waals surface area contributed by atoms with Crippen LogP contribution in [0.3, 0.4) is 0 Å². The number of unbranched alkanes of at least 4 members (excludes halogenated alkanes) is 15. The molecule has 0 saturated heterocycles. The van der Waals surface area contributed by atoms with E-state index in [1.165, 1.54) is 97.5 Å². The Balaban J connectivity index is 3.03. The van der Waals surface area contributed by atoms with Crippen LogP contribution in [0.25, 0.3) is 0 Å². The molecule has 0 heterocycles. The molecule has 0 unspecified atom stereocenters. The summed E-state index contributed by atoms with van der Waals surface area (Å²) < 4.78 is 9.56. The van der Waals surface area contributed by atoms with Gasteiger partial charge in [0.2, 0.25) is 0 Å². The third kappa shape index (κ3) is 21.0. The Bertz CT molecular complexity index is 328. The molecule has 0 aromatic rings. The molecular weight excluding hydrogens is 328 g/mol. The lowest BCUT2D eigenvalue weighted by molar-refractivity contribution is -0.141. The topological polar surface area (TPSA) is 52.6 Å². The fourth-order valence-corrected chi connectivity index (χ4v) is 3.16. The van der Waals surface area contributed by atoms with Crippen molar-refractivity contribution in [2.75, 3.05) is 13.7 Å². The van der Waals surface area contributed by atoms with E-state index in [4.69, 9.17) is 4.74 Å². The number of carbonyl (C=O) groups is 2. The molecule has 0 radical (unpaired) electrons. The minimum absolute atomic E-state index is 0.0794. The number of methoxy groups -OCH3 is 1. The zero-order valence-corrected chi connectivity index (χ0v) is 17.4. The Morgan fingerprint density at radius 1 is 0.577 bits per heavy atom. The van der Waals surface area contributed by atoms with Crippen LogP contribution >= 0.6 is 0 Å². The first kappa shape index (κ1) is 24.9. The number of hydrogen-bond donors (Lipinski definition) is 0. The summed E-state index contributed by atoms with van der Waals surface area (Å²) in [6.45, 7) is 2.05. The Hall–Kier alpha value is -1.06. The van der Waals surface area contributed by atoms with Crippen molar-refractivity contribution in [1.29, 1.82) is 0 Å². The van der Waals surface area contributed by atoms with Gasteiger partial charge in [-0.25, -0.2) is 0 Å². The van der Waals surface area contributed by atoms with Crippen LogP contribution in [-0.4, -0.2) is 25.7 Å². The van der Waals surface area contributed by atoms with Crippen LogP contribution in [0.5, 0.6) is 0 Å². The van der Waals surface area contributed by atoms with Gasteiger partial charge in [0.25, 0.3) is 0 Å². The molecule has 0 N–H and O–H groups in total. The van der Waals surface area contributed by atoms with E-state index in [1.54, 1.807) is 0 Å². The van der Waals surface area contributed by atoms with Crippen molar-refractivity contribution in [1.82, 2.24) is 0 Å². The van der Waals surface area contributed by atoms with Crippen LogP contribution in [0.1, 0.15) is 116 Å². The zero-order chi connectivity index (χ0) is 19.3. The van der Waals surface area contributed by atoms with Crippen LogP contribution in [0.15, 0.2) is 0 Å². The number of esters is 2. The molecule has 0 aromatic heterocycles. The third-order valence-electron chi connectivity index (χ3n) is 4.81. The molecular formula is C22H42O4. The number of hydrogen-bond acceptors (Lipinski definition) is 4. The van der Waals surface area contributed by atoms with Gasteiger partial charge in [0.15, 0.2) is 0 Å². The van der Waals surface area contributed by atoms with Crippen LogP contribution in [-0.2, 0) is 19.1 Å². The molecule has 0 fully saturated rings. The van der Waals surface area contributed by atoms with Gasteiger partial charge in [-0.05, 0) is 12.8 Å². The first-order valence-electron chi connectivity index (χ1n) is 10.9. The third-order valence-corrected chi connectivity index (χ3v) is 4.81.